The molecule has 0 bridgehead atoms. The van der Waals surface area contributed by atoms with Crippen molar-refractivity contribution >= 4 is 27.0 Å². The summed E-state index contributed by atoms with van der Waals surface area (Å²) in [4.78, 5) is -0.229. The van der Waals surface area contributed by atoms with E-state index in [2.05, 4.69) is 6.07 Å². The zero-order valence-electron chi connectivity index (χ0n) is 16.5. The van der Waals surface area contributed by atoms with Crippen LogP contribution in [0.25, 0.3) is 0 Å². The molecule has 3 aromatic rings. The Labute approximate surface area is 183 Å². The van der Waals surface area contributed by atoms with Gasteiger partial charge in [0.2, 0.25) is 10.0 Å². The van der Waals surface area contributed by atoms with E-state index in [9.17, 15) is 17.2 Å². The lowest BCUT2D eigenvalue weighted by Gasteiger charge is -2.28. The minimum absolute atomic E-state index is 0.0343. The van der Waals surface area contributed by atoms with Gasteiger partial charge < -0.3 is 13.6 Å². The maximum atomic E-state index is 11.8. The average molecular weight is 458 g/mol. The van der Waals surface area contributed by atoms with Gasteiger partial charge in [0, 0.05) is 24.2 Å². The number of hydrogen-bond acceptors (Lipinski definition) is 5. The van der Waals surface area contributed by atoms with Crippen molar-refractivity contribution in [3.63, 3.8) is 0 Å². The molecule has 0 amide bonds. The van der Waals surface area contributed by atoms with Crippen LogP contribution in [0, 0.1) is 0 Å². The van der Waals surface area contributed by atoms with Crippen molar-refractivity contribution in [2.45, 2.75) is 23.8 Å². The Bertz CT molecular complexity index is 1190. The van der Waals surface area contributed by atoms with Gasteiger partial charge >= 0.3 is 0 Å². The van der Waals surface area contributed by atoms with Crippen molar-refractivity contribution in [2.24, 2.45) is 5.14 Å². The zero-order chi connectivity index (χ0) is 22.0. The van der Waals surface area contributed by atoms with Crippen LogP contribution in [-0.2, 0) is 34.1 Å². The molecule has 0 aliphatic carbocycles. The van der Waals surface area contributed by atoms with E-state index in [0.29, 0.717) is 6.42 Å². The second-order valence-electron chi connectivity index (χ2n) is 7.24. The van der Waals surface area contributed by atoms with E-state index in [1.807, 2.05) is 42.5 Å². The highest BCUT2D eigenvalue weighted by molar-refractivity contribution is 7.89. The van der Waals surface area contributed by atoms with Gasteiger partial charge in [-0.2, -0.15) is 0 Å². The molecule has 3 aromatic carbocycles. The number of sulfonamides is 1. The van der Waals surface area contributed by atoms with Gasteiger partial charge in [0.15, 0.2) is 0 Å². The molecule has 0 aromatic heterocycles. The maximum Gasteiger partial charge on any atom is 0.240 e. The summed E-state index contributed by atoms with van der Waals surface area (Å²) in [5, 5.41) is 5.24. The SMILES string of the molecule is NS(=O)(=O)c1ccccc1N(CCc1ccc(C2Cc3ccccc3O2)cc1)S(=O)[O-]. The van der Waals surface area contributed by atoms with E-state index in [4.69, 9.17) is 9.88 Å². The summed E-state index contributed by atoms with van der Waals surface area (Å²) in [6.07, 6.45) is 1.17. The van der Waals surface area contributed by atoms with Crippen LogP contribution in [0.2, 0.25) is 0 Å². The number of fused-ring (bicyclic) bond motifs is 1. The van der Waals surface area contributed by atoms with E-state index in [0.717, 1.165) is 27.6 Å². The largest absolute Gasteiger partial charge is 0.755 e. The monoisotopic (exact) mass is 457 g/mol. The first-order chi connectivity index (χ1) is 14.8. The summed E-state index contributed by atoms with van der Waals surface area (Å²) in [5.74, 6) is 0.902. The van der Waals surface area contributed by atoms with Crippen molar-refractivity contribution in [2.75, 3.05) is 10.8 Å². The van der Waals surface area contributed by atoms with Gasteiger partial charge in [-0.25, -0.2) is 13.6 Å². The van der Waals surface area contributed by atoms with Crippen LogP contribution < -0.4 is 14.2 Å². The second kappa shape index (κ2) is 8.80. The predicted molar refractivity (Wildman–Crippen MR) is 118 cm³/mol. The summed E-state index contributed by atoms with van der Waals surface area (Å²) < 4.78 is 54.3. The molecule has 0 spiro atoms. The van der Waals surface area contributed by atoms with Crippen molar-refractivity contribution < 1.29 is 21.9 Å². The van der Waals surface area contributed by atoms with Crippen LogP contribution in [0.15, 0.2) is 77.7 Å². The van der Waals surface area contributed by atoms with E-state index in [1.54, 1.807) is 6.07 Å². The Hall–Kier alpha value is -2.72. The summed E-state index contributed by atoms with van der Waals surface area (Å²) >= 11 is -2.66. The Morgan fingerprint density at radius 2 is 1.71 bits per heavy atom. The van der Waals surface area contributed by atoms with Gasteiger partial charge in [-0.1, -0.05) is 54.6 Å². The molecule has 2 N–H and O–H groups in total. The molecular formula is C22H21N2O5S2-. The maximum absolute atomic E-state index is 11.8. The summed E-state index contributed by atoms with van der Waals surface area (Å²) in [6, 6.07) is 21.5. The van der Waals surface area contributed by atoms with Crippen LogP contribution in [0.3, 0.4) is 0 Å². The topological polar surface area (TPSA) is 113 Å². The van der Waals surface area contributed by atoms with E-state index in [-0.39, 0.29) is 23.2 Å². The fourth-order valence-electron chi connectivity index (χ4n) is 3.68. The highest BCUT2D eigenvalue weighted by atomic mass is 32.2. The standard InChI is InChI=1S/C22H22N2O5S2/c23-31(27,28)22-8-4-2-6-19(22)24(30(25)26)14-13-16-9-11-17(12-10-16)21-15-18-5-1-3-7-20(18)29-21/h1-12,21H,13-15H2,(H,25,26)(H2,23,27,28)/p-1. The van der Waals surface area contributed by atoms with Gasteiger partial charge in [-0.05, 0) is 41.3 Å². The van der Waals surface area contributed by atoms with Crippen LogP contribution in [-0.4, -0.2) is 23.7 Å². The Morgan fingerprint density at radius 1 is 1.03 bits per heavy atom. The number of para-hydroxylation sites is 2. The third kappa shape index (κ3) is 4.80. The number of primary sulfonamides is 1. The molecule has 1 aliphatic rings. The molecule has 0 saturated heterocycles. The third-order valence-corrected chi connectivity index (χ3v) is 6.92. The Morgan fingerprint density at radius 3 is 2.39 bits per heavy atom. The molecule has 2 unspecified atom stereocenters. The van der Waals surface area contributed by atoms with Gasteiger partial charge in [0.1, 0.15) is 16.7 Å². The lowest BCUT2D eigenvalue weighted by molar-refractivity contribution is 0.238. The molecule has 0 fully saturated rings. The van der Waals surface area contributed by atoms with Gasteiger partial charge in [0.25, 0.3) is 0 Å². The molecule has 0 saturated carbocycles. The molecule has 0 radical (unpaired) electrons. The first-order valence-electron chi connectivity index (χ1n) is 9.65. The third-order valence-electron chi connectivity index (χ3n) is 5.22. The van der Waals surface area contributed by atoms with Crippen molar-refractivity contribution in [3.05, 3.63) is 89.5 Å². The van der Waals surface area contributed by atoms with Crippen LogP contribution in [0.5, 0.6) is 5.75 Å². The molecule has 9 heteroatoms. The van der Waals surface area contributed by atoms with Crippen LogP contribution in [0.4, 0.5) is 5.69 Å². The zero-order valence-corrected chi connectivity index (χ0v) is 18.1. The van der Waals surface area contributed by atoms with Gasteiger partial charge in [0.05, 0.1) is 5.69 Å². The van der Waals surface area contributed by atoms with Crippen molar-refractivity contribution in [1.29, 1.82) is 0 Å². The van der Waals surface area contributed by atoms with Crippen molar-refractivity contribution in [3.8, 4) is 5.75 Å². The lowest BCUT2D eigenvalue weighted by atomic mass is 10.0. The highest BCUT2D eigenvalue weighted by Gasteiger charge is 2.24. The highest BCUT2D eigenvalue weighted by Crippen LogP contribution is 2.36. The second-order valence-corrected chi connectivity index (χ2v) is 9.65. The molecule has 4 rings (SSSR count). The Kier molecular flexibility index (Phi) is 6.10. The quantitative estimate of drug-likeness (QED) is 0.548. The number of benzene rings is 3. The molecule has 31 heavy (non-hydrogen) atoms. The molecule has 1 aliphatic heterocycles. The summed E-state index contributed by atoms with van der Waals surface area (Å²) in [7, 11) is -4.06. The van der Waals surface area contributed by atoms with E-state index >= 15 is 0 Å². The number of anilines is 1. The van der Waals surface area contributed by atoms with E-state index < -0.39 is 21.3 Å². The number of nitrogens with zero attached hydrogens (tertiary/aromatic N) is 1. The van der Waals surface area contributed by atoms with Gasteiger partial charge in [-0.3, -0.25) is 4.21 Å². The number of ether oxygens (including phenoxy) is 1. The number of nitrogens with two attached hydrogens (primary N) is 1. The predicted octanol–water partition coefficient (Wildman–Crippen LogP) is 2.85. The summed E-state index contributed by atoms with van der Waals surface area (Å²) in [5.41, 5.74) is 3.18. The van der Waals surface area contributed by atoms with Gasteiger partial charge in [-0.15, -0.1) is 0 Å². The average Bonchev–Trinajstić information content (AvgIpc) is 3.18. The Balaban J connectivity index is 1.47. The molecule has 7 nitrogen and oxygen atoms in total. The first-order valence-corrected chi connectivity index (χ1v) is 12.2. The number of hydrogen-bond donors (Lipinski definition) is 1. The van der Waals surface area contributed by atoms with Crippen LogP contribution >= 0.6 is 0 Å². The smallest absolute Gasteiger partial charge is 0.240 e. The normalized spacial score (nSPS) is 16.4. The van der Waals surface area contributed by atoms with Crippen molar-refractivity contribution in [1.82, 2.24) is 0 Å². The molecular weight excluding hydrogens is 436 g/mol. The van der Waals surface area contributed by atoms with Crippen LogP contribution in [0.1, 0.15) is 22.8 Å². The molecule has 162 valence electrons. The first kappa shape index (κ1) is 21.5. The minimum atomic E-state index is -4.06. The number of rotatable bonds is 7. The fourth-order valence-corrected chi connectivity index (χ4v) is 5.03. The van der Waals surface area contributed by atoms with E-state index in [1.165, 1.54) is 23.8 Å². The molecule has 1 heterocycles. The summed E-state index contributed by atoms with van der Waals surface area (Å²) in [6.45, 7) is 0.0767. The fraction of sp³-hybridized carbons (Fsp3) is 0.182. The minimum Gasteiger partial charge on any atom is -0.755 e. The lowest BCUT2D eigenvalue weighted by Crippen LogP contribution is -2.30. The molecule has 2 atom stereocenters.